The SMILES string of the molecule is CC[C@@H](CO)Nc1nc(CN2CCCCC2)nc2scc(-c3ccccc3)c12. The number of piperidine rings is 1. The van der Waals surface area contributed by atoms with Crippen molar-refractivity contribution in [2.45, 2.75) is 45.2 Å². The van der Waals surface area contributed by atoms with Gasteiger partial charge in [0.25, 0.3) is 0 Å². The van der Waals surface area contributed by atoms with Gasteiger partial charge in [-0.15, -0.1) is 11.3 Å². The monoisotopic (exact) mass is 396 g/mol. The molecule has 6 heteroatoms. The summed E-state index contributed by atoms with van der Waals surface area (Å²) in [6.07, 6.45) is 4.68. The lowest BCUT2D eigenvalue weighted by Gasteiger charge is -2.26. The number of nitrogens with zero attached hydrogens (tertiary/aromatic N) is 3. The molecule has 1 fully saturated rings. The average molecular weight is 397 g/mol. The Balaban J connectivity index is 1.75. The van der Waals surface area contributed by atoms with Crippen LogP contribution in [0.3, 0.4) is 0 Å². The highest BCUT2D eigenvalue weighted by molar-refractivity contribution is 7.17. The minimum absolute atomic E-state index is 0.00976. The third-order valence-electron chi connectivity index (χ3n) is 5.43. The molecule has 0 amide bonds. The minimum atomic E-state index is -0.00976. The van der Waals surface area contributed by atoms with Gasteiger partial charge < -0.3 is 10.4 Å². The van der Waals surface area contributed by atoms with E-state index in [1.54, 1.807) is 11.3 Å². The predicted octanol–water partition coefficient (Wildman–Crippen LogP) is 4.53. The van der Waals surface area contributed by atoms with Crippen molar-refractivity contribution in [1.29, 1.82) is 0 Å². The molecule has 3 aromatic rings. The summed E-state index contributed by atoms with van der Waals surface area (Å²) in [7, 11) is 0. The zero-order valence-electron chi connectivity index (χ0n) is 16.4. The molecule has 1 saturated heterocycles. The summed E-state index contributed by atoms with van der Waals surface area (Å²) in [5.41, 5.74) is 2.32. The van der Waals surface area contributed by atoms with Gasteiger partial charge in [-0.2, -0.15) is 0 Å². The van der Waals surface area contributed by atoms with E-state index in [9.17, 15) is 5.11 Å². The number of thiophene rings is 1. The minimum Gasteiger partial charge on any atom is -0.394 e. The molecule has 28 heavy (non-hydrogen) atoms. The van der Waals surface area contributed by atoms with Gasteiger partial charge in [-0.3, -0.25) is 4.90 Å². The molecule has 1 aromatic carbocycles. The first-order chi connectivity index (χ1) is 13.8. The molecule has 1 atom stereocenters. The molecule has 2 aromatic heterocycles. The number of anilines is 1. The van der Waals surface area contributed by atoms with E-state index in [0.29, 0.717) is 0 Å². The highest BCUT2D eigenvalue weighted by Crippen LogP contribution is 2.37. The third kappa shape index (κ3) is 4.19. The molecule has 0 bridgehead atoms. The highest BCUT2D eigenvalue weighted by atomic mass is 32.1. The van der Waals surface area contributed by atoms with Crippen LogP contribution in [0.25, 0.3) is 21.3 Å². The van der Waals surface area contributed by atoms with Gasteiger partial charge in [-0.25, -0.2) is 9.97 Å². The van der Waals surface area contributed by atoms with E-state index in [1.165, 1.54) is 24.8 Å². The lowest BCUT2D eigenvalue weighted by atomic mass is 10.1. The topological polar surface area (TPSA) is 61.3 Å². The van der Waals surface area contributed by atoms with Gasteiger partial charge in [0.2, 0.25) is 0 Å². The first-order valence-corrected chi connectivity index (χ1v) is 11.1. The van der Waals surface area contributed by atoms with Crippen molar-refractivity contribution in [1.82, 2.24) is 14.9 Å². The number of likely N-dealkylation sites (tertiary alicyclic amines) is 1. The highest BCUT2D eigenvalue weighted by Gasteiger charge is 2.19. The van der Waals surface area contributed by atoms with Crippen LogP contribution < -0.4 is 5.32 Å². The van der Waals surface area contributed by atoms with Crippen LogP contribution in [-0.4, -0.2) is 45.7 Å². The molecule has 1 aliphatic rings. The van der Waals surface area contributed by atoms with Gasteiger partial charge >= 0.3 is 0 Å². The van der Waals surface area contributed by atoms with Crippen LogP contribution in [0.5, 0.6) is 0 Å². The zero-order chi connectivity index (χ0) is 19.3. The molecule has 0 saturated carbocycles. The van der Waals surface area contributed by atoms with Crippen molar-refractivity contribution in [2.24, 2.45) is 0 Å². The van der Waals surface area contributed by atoms with E-state index in [-0.39, 0.29) is 12.6 Å². The van der Waals surface area contributed by atoms with Crippen LogP contribution >= 0.6 is 11.3 Å². The van der Waals surface area contributed by atoms with E-state index >= 15 is 0 Å². The van der Waals surface area contributed by atoms with Crippen molar-refractivity contribution < 1.29 is 5.11 Å². The summed E-state index contributed by atoms with van der Waals surface area (Å²) in [4.78, 5) is 13.3. The van der Waals surface area contributed by atoms with Gasteiger partial charge in [0.05, 0.1) is 24.6 Å². The molecule has 0 unspecified atom stereocenters. The van der Waals surface area contributed by atoms with Crippen LogP contribution in [0.1, 0.15) is 38.4 Å². The molecular weight excluding hydrogens is 368 g/mol. The van der Waals surface area contributed by atoms with Gasteiger partial charge in [-0.05, 0) is 37.9 Å². The molecule has 4 rings (SSSR count). The van der Waals surface area contributed by atoms with Crippen LogP contribution in [0.2, 0.25) is 0 Å². The Kier molecular flexibility index (Phi) is 6.20. The van der Waals surface area contributed by atoms with Crippen molar-refractivity contribution in [3.05, 3.63) is 41.5 Å². The molecule has 5 nitrogen and oxygen atoms in total. The maximum absolute atomic E-state index is 9.72. The largest absolute Gasteiger partial charge is 0.394 e. The fraction of sp³-hybridized carbons (Fsp3) is 0.455. The summed E-state index contributed by atoms with van der Waals surface area (Å²) >= 11 is 1.67. The number of nitrogens with one attached hydrogen (secondary N) is 1. The predicted molar refractivity (Wildman–Crippen MR) is 117 cm³/mol. The second-order valence-electron chi connectivity index (χ2n) is 7.45. The lowest BCUT2D eigenvalue weighted by Crippen LogP contribution is -2.30. The third-order valence-corrected chi connectivity index (χ3v) is 6.30. The van der Waals surface area contributed by atoms with Gasteiger partial charge in [-0.1, -0.05) is 43.7 Å². The molecule has 0 spiro atoms. The fourth-order valence-electron chi connectivity index (χ4n) is 3.78. The second-order valence-corrected chi connectivity index (χ2v) is 8.31. The van der Waals surface area contributed by atoms with Gasteiger partial charge in [0.1, 0.15) is 16.5 Å². The summed E-state index contributed by atoms with van der Waals surface area (Å²) in [6, 6.07) is 10.4. The Morgan fingerprint density at radius 2 is 1.93 bits per heavy atom. The summed E-state index contributed by atoms with van der Waals surface area (Å²) in [6.45, 7) is 5.20. The number of benzene rings is 1. The van der Waals surface area contributed by atoms with E-state index in [2.05, 4.69) is 46.8 Å². The molecule has 2 N–H and O–H groups in total. The van der Waals surface area contributed by atoms with Crippen LogP contribution in [-0.2, 0) is 6.54 Å². The van der Waals surface area contributed by atoms with E-state index in [4.69, 9.17) is 9.97 Å². The summed E-state index contributed by atoms with van der Waals surface area (Å²) in [5, 5.41) is 16.4. The maximum Gasteiger partial charge on any atom is 0.146 e. The lowest BCUT2D eigenvalue weighted by molar-refractivity contribution is 0.216. The summed E-state index contributed by atoms with van der Waals surface area (Å²) in [5.74, 6) is 1.71. The number of hydrogen-bond acceptors (Lipinski definition) is 6. The van der Waals surface area contributed by atoms with Gasteiger partial charge in [0, 0.05) is 10.9 Å². The number of fused-ring (bicyclic) bond motifs is 1. The van der Waals surface area contributed by atoms with Gasteiger partial charge in [0.15, 0.2) is 0 Å². The number of rotatable bonds is 7. The van der Waals surface area contributed by atoms with E-state index in [1.807, 2.05) is 6.07 Å². The number of aliphatic hydroxyl groups excluding tert-OH is 1. The normalized spacial score (nSPS) is 16.4. The molecule has 0 radical (unpaired) electrons. The molecule has 0 aliphatic carbocycles. The van der Waals surface area contributed by atoms with Crippen LogP contribution in [0.4, 0.5) is 5.82 Å². The molecular formula is C22H28N4OS. The quantitative estimate of drug-likeness (QED) is 0.614. The van der Waals surface area contributed by atoms with Crippen molar-refractivity contribution >= 4 is 27.4 Å². The Morgan fingerprint density at radius 1 is 1.14 bits per heavy atom. The maximum atomic E-state index is 9.72. The smallest absolute Gasteiger partial charge is 0.146 e. The number of aliphatic hydroxyl groups is 1. The zero-order valence-corrected chi connectivity index (χ0v) is 17.2. The Hall–Kier alpha value is -2.02. The Morgan fingerprint density at radius 3 is 2.64 bits per heavy atom. The van der Waals surface area contributed by atoms with E-state index < -0.39 is 0 Å². The first kappa shape index (κ1) is 19.3. The standard InChI is InChI=1S/C22H28N4OS/c1-2-17(14-27)23-21-20-18(16-9-5-3-6-10-16)15-28-22(20)25-19(24-21)13-26-11-7-4-8-12-26/h3,5-6,9-10,15,17,27H,2,4,7-8,11-14H2,1H3,(H,23,24,25)/t17-/m0/s1. The Labute approximate surface area is 170 Å². The van der Waals surface area contributed by atoms with Crippen molar-refractivity contribution in [3.8, 4) is 11.1 Å². The molecule has 148 valence electrons. The number of hydrogen-bond donors (Lipinski definition) is 2. The van der Waals surface area contributed by atoms with Crippen LogP contribution in [0, 0.1) is 0 Å². The Bertz CT molecular complexity index is 902. The second kappa shape index (κ2) is 8.99. The van der Waals surface area contributed by atoms with Crippen molar-refractivity contribution in [3.63, 3.8) is 0 Å². The number of aromatic nitrogens is 2. The van der Waals surface area contributed by atoms with Crippen molar-refractivity contribution in [2.75, 3.05) is 25.0 Å². The average Bonchev–Trinajstić information content (AvgIpc) is 3.17. The van der Waals surface area contributed by atoms with Crippen LogP contribution in [0.15, 0.2) is 35.7 Å². The van der Waals surface area contributed by atoms with E-state index in [0.717, 1.165) is 53.5 Å². The summed E-state index contributed by atoms with van der Waals surface area (Å²) < 4.78 is 0. The molecule has 1 aliphatic heterocycles. The first-order valence-electron chi connectivity index (χ1n) is 10.2. The molecule has 3 heterocycles. The fourth-order valence-corrected chi connectivity index (χ4v) is 4.74.